The van der Waals surface area contributed by atoms with Gasteiger partial charge in [-0.1, -0.05) is 24.4 Å². The molecule has 1 N–H and O–H groups in total. The van der Waals surface area contributed by atoms with Crippen LogP contribution in [0.4, 0.5) is 18.9 Å². The van der Waals surface area contributed by atoms with Gasteiger partial charge in [0.25, 0.3) is 0 Å². The first-order valence-corrected chi connectivity index (χ1v) is 7.94. The Kier molecular flexibility index (Phi) is 4.08. The Morgan fingerprint density at radius 2 is 1.81 bits per heavy atom. The van der Waals surface area contributed by atoms with Crippen LogP contribution < -0.4 is 5.32 Å². The summed E-state index contributed by atoms with van der Waals surface area (Å²) in [6, 6.07) is 3.73. The minimum atomic E-state index is -4.33. The highest BCUT2D eigenvalue weighted by Crippen LogP contribution is 2.44. The van der Waals surface area contributed by atoms with Gasteiger partial charge in [-0.25, -0.2) is 0 Å². The van der Waals surface area contributed by atoms with Gasteiger partial charge < -0.3 is 5.32 Å². The van der Waals surface area contributed by atoms with E-state index in [4.69, 9.17) is 11.6 Å². The molecule has 5 heteroatoms. The zero-order chi connectivity index (χ0) is 15.0. The van der Waals surface area contributed by atoms with Gasteiger partial charge in [-0.15, -0.1) is 0 Å². The lowest BCUT2D eigenvalue weighted by atomic mass is 9.82. The van der Waals surface area contributed by atoms with Crippen molar-refractivity contribution >= 4 is 17.3 Å². The number of anilines is 1. The monoisotopic (exact) mass is 317 g/mol. The SMILES string of the molecule is FC(F)(F)c1ccc(Cl)c(NC2CCCC(C3CC3)C2)c1. The van der Waals surface area contributed by atoms with E-state index in [-0.39, 0.29) is 6.04 Å². The van der Waals surface area contributed by atoms with Crippen molar-refractivity contribution in [3.8, 4) is 0 Å². The number of benzene rings is 1. The average Bonchev–Trinajstić information content (AvgIpc) is 3.25. The highest BCUT2D eigenvalue weighted by Gasteiger charge is 2.35. The van der Waals surface area contributed by atoms with Crippen LogP contribution in [-0.4, -0.2) is 6.04 Å². The first kappa shape index (κ1) is 15.0. The maximum atomic E-state index is 12.8. The molecule has 0 spiro atoms. The summed E-state index contributed by atoms with van der Waals surface area (Å²) in [7, 11) is 0. The van der Waals surface area contributed by atoms with E-state index >= 15 is 0 Å². The number of rotatable bonds is 3. The van der Waals surface area contributed by atoms with Crippen LogP contribution in [0.25, 0.3) is 0 Å². The normalized spacial score (nSPS) is 26.7. The number of hydrogen-bond donors (Lipinski definition) is 1. The molecule has 1 nitrogen and oxygen atoms in total. The minimum Gasteiger partial charge on any atom is -0.381 e. The largest absolute Gasteiger partial charge is 0.416 e. The van der Waals surface area contributed by atoms with Crippen molar-refractivity contribution in [2.45, 2.75) is 50.7 Å². The van der Waals surface area contributed by atoms with Gasteiger partial charge in [-0.2, -0.15) is 13.2 Å². The van der Waals surface area contributed by atoms with Gasteiger partial charge in [0.05, 0.1) is 16.3 Å². The maximum absolute atomic E-state index is 12.8. The second kappa shape index (κ2) is 5.71. The second-order valence-electron chi connectivity index (χ2n) is 6.30. The van der Waals surface area contributed by atoms with Crippen LogP contribution in [0.3, 0.4) is 0 Å². The number of hydrogen-bond acceptors (Lipinski definition) is 1. The summed E-state index contributed by atoms with van der Waals surface area (Å²) < 4.78 is 38.4. The molecule has 0 aliphatic heterocycles. The first-order valence-electron chi connectivity index (χ1n) is 7.57. The molecule has 2 atom stereocenters. The highest BCUT2D eigenvalue weighted by molar-refractivity contribution is 6.33. The van der Waals surface area contributed by atoms with Gasteiger partial charge in [0, 0.05) is 6.04 Å². The molecule has 2 unspecified atom stereocenters. The van der Waals surface area contributed by atoms with Crippen LogP contribution in [0.2, 0.25) is 5.02 Å². The summed E-state index contributed by atoms with van der Waals surface area (Å²) in [4.78, 5) is 0. The van der Waals surface area contributed by atoms with Crippen molar-refractivity contribution in [1.29, 1.82) is 0 Å². The summed E-state index contributed by atoms with van der Waals surface area (Å²) in [6.45, 7) is 0. The van der Waals surface area contributed by atoms with Crippen molar-refractivity contribution < 1.29 is 13.2 Å². The predicted octanol–water partition coefficient (Wildman–Crippen LogP) is 5.74. The van der Waals surface area contributed by atoms with Gasteiger partial charge >= 0.3 is 6.18 Å². The lowest BCUT2D eigenvalue weighted by Crippen LogP contribution is -2.28. The Labute approximate surface area is 127 Å². The Bertz CT molecular complexity index is 511. The van der Waals surface area contributed by atoms with Gasteiger partial charge in [-0.05, 0) is 55.7 Å². The van der Waals surface area contributed by atoms with Gasteiger partial charge in [0.2, 0.25) is 0 Å². The van der Waals surface area contributed by atoms with Crippen molar-refractivity contribution in [3.05, 3.63) is 28.8 Å². The zero-order valence-electron chi connectivity index (χ0n) is 11.7. The summed E-state index contributed by atoms with van der Waals surface area (Å²) in [6.07, 6.45) is 2.79. The fourth-order valence-electron chi connectivity index (χ4n) is 3.39. The molecule has 1 aromatic carbocycles. The summed E-state index contributed by atoms with van der Waals surface area (Å²) in [5, 5.41) is 3.60. The molecule has 0 heterocycles. The Morgan fingerprint density at radius 1 is 1.05 bits per heavy atom. The zero-order valence-corrected chi connectivity index (χ0v) is 12.5. The third-order valence-electron chi connectivity index (χ3n) is 4.66. The molecule has 3 rings (SSSR count). The van der Waals surface area contributed by atoms with E-state index in [1.165, 1.54) is 25.3 Å². The van der Waals surface area contributed by atoms with Crippen molar-refractivity contribution in [1.82, 2.24) is 0 Å². The van der Waals surface area contributed by atoms with E-state index in [2.05, 4.69) is 5.32 Å². The van der Waals surface area contributed by atoms with Gasteiger partial charge in [0.15, 0.2) is 0 Å². The van der Waals surface area contributed by atoms with Crippen LogP contribution in [0, 0.1) is 11.8 Å². The molecule has 2 aliphatic rings. The fourth-order valence-corrected chi connectivity index (χ4v) is 3.56. The molecule has 0 amide bonds. The number of halogens is 4. The number of alkyl halides is 3. The van der Waals surface area contributed by atoms with Gasteiger partial charge in [-0.3, -0.25) is 0 Å². The summed E-state index contributed by atoms with van der Waals surface area (Å²) in [5.41, 5.74) is -0.239. The van der Waals surface area contributed by atoms with Crippen molar-refractivity contribution in [2.24, 2.45) is 11.8 Å². The van der Waals surface area contributed by atoms with Crippen LogP contribution in [0.15, 0.2) is 18.2 Å². The third kappa shape index (κ3) is 3.65. The molecule has 1 aromatic rings. The molecule has 0 bridgehead atoms. The quantitative estimate of drug-likeness (QED) is 0.749. The van der Waals surface area contributed by atoms with E-state index in [1.54, 1.807) is 0 Å². The molecule has 2 saturated carbocycles. The Balaban J connectivity index is 1.71. The lowest BCUT2D eigenvalue weighted by Gasteiger charge is -2.31. The van der Waals surface area contributed by atoms with E-state index < -0.39 is 11.7 Å². The van der Waals surface area contributed by atoms with E-state index in [0.29, 0.717) is 10.7 Å². The van der Waals surface area contributed by atoms with Gasteiger partial charge in [0.1, 0.15) is 0 Å². The van der Waals surface area contributed by atoms with E-state index in [0.717, 1.165) is 43.2 Å². The van der Waals surface area contributed by atoms with Crippen LogP contribution >= 0.6 is 11.6 Å². The smallest absolute Gasteiger partial charge is 0.381 e. The standard InChI is InChI=1S/C16H19ClF3N/c17-14-7-6-12(16(18,19)20)9-15(14)21-13-3-1-2-11(8-13)10-4-5-10/h6-7,9-11,13,21H,1-5,8H2. The molecular weight excluding hydrogens is 299 g/mol. The highest BCUT2D eigenvalue weighted by atomic mass is 35.5. The molecule has 116 valence electrons. The molecular formula is C16H19ClF3N. The van der Waals surface area contributed by atoms with Crippen molar-refractivity contribution in [2.75, 3.05) is 5.32 Å². The predicted molar refractivity (Wildman–Crippen MR) is 78.5 cm³/mol. The average molecular weight is 318 g/mol. The third-order valence-corrected chi connectivity index (χ3v) is 4.99. The molecule has 2 aliphatic carbocycles. The second-order valence-corrected chi connectivity index (χ2v) is 6.70. The molecule has 2 fully saturated rings. The summed E-state index contributed by atoms with van der Waals surface area (Å²) in [5.74, 6) is 1.59. The Morgan fingerprint density at radius 3 is 2.48 bits per heavy atom. The first-order chi connectivity index (χ1) is 9.93. The maximum Gasteiger partial charge on any atom is 0.416 e. The van der Waals surface area contributed by atoms with Crippen molar-refractivity contribution in [3.63, 3.8) is 0 Å². The van der Waals surface area contributed by atoms with Crippen LogP contribution in [0.1, 0.15) is 44.1 Å². The van der Waals surface area contributed by atoms with E-state index in [1.807, 2.05) is 0 Å². The summed E-state index contributed by atoms with van der Waals surface area (Å²) >= 11 is 6.05. The molecule has 21 heavy (non-hydrogen) atoms. The molecule has 0 saturated heterocycles. The fraction of sp³-hybridized carbons (Fsp3) is 0.625. The molecule has 0 aromatic heterocycles. The topological polar surface area (TPSA) is 12.0 Å². The Hall–Kier alpha value is -0.900. The lowest BCUT2D eigenvalue weighted by molar-refractivity contribution is -0.137. The number of nitrogens with one attached hydrogen (secondary N) is 1. The minimum absolute atomic E-state index is 0.241. The van der Waals surface area contributed by atoms with E-state index in [9.17, 15) is 13.2 Å². The van der Waals surface area contributed by atoms with Crippen LogP contribution in [-0.2, 0) is 6.18 Å². The molecule has 0 radical (unpaired) electrons. The van der Waals surface area contributed by atoms with Crippen LogP contribution in [0.5, 0.6) is 0 Å².